The Labute approximate surface area is 150 Å². The van der Waals surface area contributed by atoms with Gasteiger partial charge in [-0.15, -0.1) is 0 Å². The molecule has 1 saturated heterocycles. The van der Waals surface area contributed by atoms with Crippen LogP contribution >= 0.6 is 11.3 Å². The number of hydrogen-bond acceptors (Lipinski definition) is 5. The van der Waals surface area contributed by atoms with Crippen molar-refractivity contribution in [2.75, 3.05) is 25.0 Å². The first-order chi connectivity index (χ1) is 12.1. The smallest absolute Gasteiger partial charge is 0.185 e. The molecule has 0 aliphatic carbocycles. The molecule has 5 nitrogen and oxygen atoms in total. The second-order valence-corrected chi connectivity index (χ2v) is 7.54. The van der Waals surface area contributed by atoms with Gasteiger partial charge in [0.1, 0.15) is 5.82 Å². The molecule has 3 aromatic rings. The van der Waals surface area contributed by atoms with Crippen LogP contribution in [0.3, 0.4) is 0 Å². The highest BCUT2D eigenvalue weighted by atomic mass is 32.1. The lowest BCUT2D eigenvalue weighted by Gasteiger charge is -2.28. The number of nitrogens with one attached hydrogen (secondary N) is 1. The molecule has 4 rings (SSSR count). The maximum atomic E-state index is 14.4. The van der Waals surface area contributed by atoms with Gasteiger partial charge in [0.05, 0.1) is 16.4 Å². The molecule has 0 saturated carbocycles. The van der Waals surface area contributed by atoms with Crippen molar-refractivity contribution >= 4 is 26.8 Å². The molecule has 132 valence electrons. The van der Waals surface area contributed by atoms with Crippen LogP contribution in [0.4, 0.5) is 9.52 Å². The minimum Gasteiger partial charge on any atom is -0.360 e. The van der Waals surface area contributed by atoms with Gasteiger partial charge in [-0.2, -0.15) is 5.10 Å². The number of anilines is 1. The zero-order valence-electron chi connectivity index (χ0n) is 14.5. The van der Waals surface area contributed by atoms with Crippen LogP contribution in [-0.2, 0) is 7.05 Å². The van der Waals surface area contributed by atoms with Gasteiger partial charge in [0.25, 0.3) is 0 Å². The summed E-state index contributed by atoms with van der Waals surface area (Å²) in [5, 5.41) is 8.69. The Bertz CT molecular complexity index is 846. The van der Waals surface area contributed by atoms with Crippen LogP contribution in [0.5, 0.6) is 0 Å². The summed E-state index contributed by atoms with van der Waals surface area (Å²) in [6.07, 6.45) is 2.36. The summed E-state index contributed by atoms with van der Waals surface area (Å²) >= 11 is 1.61. The molecule has 0 radical (unpaired) electrons. The van der Waals surface area contributed by atoms with E-state index in [4.69, 9.17) is 0 Å². The lowest BCUT2D eigenvalue weighted by molar-refractivity contribution is 0.250. The average molecular weight is 359 g/mol. The van der Waals surface area contributed by atoms with Crippen LogP contribution in [0.1, 0.15) is 30.1 Å². The molecule has 1 aliphatic heterocycles. The summed E-state index contributed by atoms with van der Waals surface area (Å²) < 4.78 is 17.3. The molecule has 3 heterocycles. The minimum absolute atomic E-state index is 0.0231. The third-order valence-corrected chi connectivity index (χ3v) is 5.95. The van der Waals surface area contributed by atoms with Crippen molar-refractivity contribution < 1.29 is 4.39 Å². The molecule has 1 aliphatic rings. The summed E-state index contributed by atoms with van der Waals surface area (Å²) in [4.78, 5) is 7.01. The molecule has 1 N–H and O–H groups in total. The van der Waals surface area contributed by atoms with Gasteiger partial charge in [-0.05, 0) is 38.9 Å². The number of thiazole rings is 1. The summed E-state index contributed by atoms with van der Waals surface area (Å²) in [7, 11) is 1.91. The van der Waals surface area contributed by atoms with Gasteiger partial charge < -0.3 is 5.32 Å². The van der Waals surface area contributed by atoms with Crippen molar-refractivity contribution in [1.82, 2.24) is 19.7 Å². The monoisotopic (exact) mass is 359 g/mol. The lowest BCUT2D eigenvalue weighted by Crippen LogP contribution is -2.31. The number of aryl methyl sites for hydroxylation is 2. The summed E-state index contributed by atoms with van der Waals surface area (Å²) in [6.45, 7) is 4.68. The van der Waals surface area contributed by atoms with E-state index in [0.29, 0.717) is 6.54 Å². The van der Waals surface area contributed by atoms with E-state index in [-0.39, 0.29) is 11.9 Å². The Morgan fingerprint density at radius 1 is 1.28 bits per heavy atom. The molecule has 1 fully saturated rings. The van der Waals surface area contributed by atoms with Crippen molar-refractivity contribution in [2.45, 2.75) is 25.8 Å². The number of aromatic nitrogens is 3. The topological polar surface area (TPSA) is 46.0 Å². The van der Waals surface area contributed by atoms with Crippen LogP contribution in [0.15, 0.2) is 24.3 Å². The van der Waals surface area contributed by atoms with E-state index in [1.807, 2.05) is 26.1 Å². The molecule has 1 atom stereocenters. The van der Waals surface area contributed by atoms with Crippen molar-refractivity contribution in [2.24, 2.45) is 7.05 Å². The Hall–Kier alpha value is -1.99. The molecule has 0 spiro atoms. The predicted molar refractivity (Wildman–Crippen MR) is 99.6 cm³/mol. The fraction of sp³-hybridized carbons (Fsp3) is 0.444. The van der Waals surface area contributed by atoms with E-state index in [1.165, 1.54) is 12.8 Å². The standard InChI is InChI=1S/C18H22FN5S/c1-12-16-17(23(2)22-12)21-18(25-16)20-11-15(24-9-5-6-10-24)13-7-3-4-8-14(13)19/h3-4,7-8,15H,5-6,9-11H2,1-2H3,(H,20,21)/t15-/m0/s1. The minimum atomic E-state index is -0.134. The van der Waals surface area contributed by atoms with Gasteiger partial charge in [-0.25, -0.2) is 14.1 Å². The SMILES string of the molecule is Cc1nn(C)c2nc(NC[C@@H](c3ccccc3F)N3CCCC3)sc12. The van der Waals surface area contributed by atoms with E-state index in [2.05, 4.69) is 20.3 Å². The highest BCUT2D eigenvalue weighted by Gasteiger charge is 2.26. The summed E-state index contributed by atoms with van der Waals surface area (Å²) in [6, 6.07) is 7.12. The zero-order valence-corrected chi connectivity index (χ0v) is 15.3. The molecule has 0 unspecified atom stereocenters. The van der Waals surface area contributed by atoms with Crippen molar-refractivity contribution in [1.29, 1.82) is 0 Å². The van der Waals surface area contributed by atoms with E-state index in [0.717, 1.165) is 39.8 Å². The van der Waals surface area contributed by atoms with Crippen LogP contribution in [0.2, 0.25) is 0 Å². The number of halogens is 1. The number of rotatable bonds is 5. The quantitative estimate of drug-likeness (QED) is 0.754. The highest BCUT2D eigenvalue weighted by molar-refractivity contribution is 7.22. The predicted octanol–water partition coefficient (Wildman–Crippen LogP) is 3.73. The van der Waals surface area contributed by atoms with E-state index in [9.17, 15) is 4.39 Å². The maximum absolute atomic E-state index is 14.4. The molecule has 7 heteroatoms. The van der Waals surface area contributed by atoms with Gasteiger partial charge in [0.2, 0.25) is 0 Å². The maximum Gasteiger partial charge on any atom is 0.185 e. The normalized spacial score (nSPS) is 16.6. The molecule has 2 aromatic heterocycles. The van der Waals surface area contributed by atoms with E-state index < -0.39 is 0 Å². The molecular weight excluding hydrogens is 337 g/mol. The molecule has 25 heavy (non-hydrogen) atoms. The first-order valence-corrected chi connectivity index (χ1v) is 9.47. The zero-order chi connectivity index (χ0) is 17.4. The molecule has 0 bridgehead atoms. The van der Waals surface area contributed by atoms with Gasteiger partial charge in [0.15, 0.2) is 10.8 Å². The molecule has 1 aromatic carbocycles. The van der Waals surface area contributed by atoms with Gasteiger partial charge in [-0.1, -0.05) is 29.5 Å². The second kappa shape index (κ2) is 6.72. The van der Waals surface area contributed by atoms with Gasteiger partial charge >= 0.3 is 0 Å². The Morgan fingerprint density at radius 3 is 2.76 bits per heavy atom. The Balaban J connectivity index is 1.57. The van der Waals surface area contributed by atoms with Crippen LogP contribution < -0.4 is 5.32 Å². The Kier molecular flexibility index (Phi) is 4.43. The third-order valence-electron chi connectivity index (χ3n) is 4.84. The van der Waals surface area contributed by atoms with Crippen LogP contribution in [0, 0.1) is 12.7 Å². The van der Waals surface area contributed by atoms with E-state index in [1.54, 1.807) is 28.2 Å². The number of hydrogen-bond donors (Lipinski definition) is 1. The van der Waals surface area contributed by atoms with Crippen molar-refractivity contribution in [3.63, 3.8) is 0 Å². The first-order valence-electron chi connectivity index (χ1n) is 8.66. The van der Waals surface area contributed by atoms with Crippen molar-refractivity contribution in [3.8, 4) is 0 Å². The van der Waals surface area contributed by atoms with E-state index >= 15 is 0 Å². The van der Waals surface area contributed by atoms with Crippen LogP contribution in [-0.4, -0.2) is 39.3 Å². The molecule has 0 amide bonds. The number of nitrogens with zero attached hydrogens (tertiary/aromatic N) is 4. The lowest BCUT2D eigenvalue weighted by atomic mass is 10.0. The summed E-state index contributed by atoms with van der Waals surface area (Å²) in [5.74, 6) is -0.134. The first kappa shape index (κ1) is 16.5. The average Bonchev–Trinajstić information content (AvgIpc) is 3.30. The van der Waals surface area contributed by atoms with Crippen molar-refractivity contribution in [3.05, 3.63) is 41.3 Å². The largest absolute Gasteiger partial charge is 0.360 e. The fourth-order valence-corrected chi connectivity index (χ4v) is 4.52. The summed E-state index contributed by atoms with van der Waals surface area (Å²) in [5.41, 5.74) is 2.65. The second-order valence-electron chi connectivity index (χ2n) is 6.54. The Morgan fingerprint density at radius 2 is 2.04 bits per heavy atom. The van der Waals surface area contributed by atoms with Gasteiger partial charge in [-0.3, -0.25) is 4.90 Å². The fourth-order valence-electron chi connectivity index (χ4n) is 3.58. The molecular formula is C18H22FN5S. The number of benzene rings is 1. The highest BCUT2D eigenvalue weighted by Crippen LogP contribution is 2.31. The number of fused-ring (bicyclic) bond motifs is 1. The third kappa shape index (κ3) is 3.14. The van der Waals surface area contributed by atoms with Gasteiger partial charge in [0, 0.05) is 19.2 Å². The van der Waals surface area contributed by atoms with Crippen LogP contribution in [0.25, 0.3) is 10.3 Å². The number of likely N-dealkylation sites (tertiary alicyclic amines) is 1.